The van der Waals surface area contributed by atoms with Gasteiger partial charge in [0.05, 0.1) is 11.3 Å². The number of hydrogen-bond acceptors (Lipinski definition) is 4. The molecule has 0 saturated carbocycles. The normalized spacial score (nSPS) is 14.4. The molecule has 0 bridgehead atoms. The summed E-state index contributed by atoms with van der Waals surface area (Å²) in [5.74, 6) is 0.614. The van der Waals surface area contributed by atoms with E-state index in [0.717, 1.165) is 30.1 Å². The number of carbonyl (C=O) groups excluding carboxylic acids is 1. The molecule has 2 N–H and O–H groups in total. The van der Waals surface area contributed by atoms with Crippen molar-refractivity contribution in [2.45, 2.75) is 32.9 Å². The summed E-state index contributed by atoms with van der Waals surface area (Å²) in [5.41, 5.74) is 1.66. The Morgan fingerprint density at radius 2 is 2.25 bits per heavy atom. The van der Waals surface area contributed by atoms with Crippen LogP contribution in [0.3, 0.4) is 0 Å². The van der Waals surface area contributed by atoms with Gasteiger partial charge in [-0.3, -0.25) is 4.79 Å². The molecule has 5 heteroatoms. The molecule has 1 amide bonds. The molecule has 0 unspecified atom stereocenters. The van der Waals surface area contributed by atoms with Crippen molar-refractivity contribution in [3.63, 3.8) is 0 Å². The van der Waals surface area contributed by atoms with Gasteiger partial charge < -0.3 is 20.1 Å². The molecule has 110 valence electrons. The van der Waals surface area contributed by atoms with Crippen LogP contribution in [0.25, 0.3) is 0 Å². The molecule has 1 aromatic rings. The van der Waals surface area contributed by atoms with E-state index in [1.807, 2.05) is 25.1 Å². The SMILES string of the molecule is CCOC(C)(C)CNCc1ccc2c(c1)NC(=O)CO2. The van der Waals surface area contributed by atoms with Crippen molar-refractivity contribution in [3.05, 3.63) is 23.8 Å². The van der Waals surface area contributed by atoms with Gasteiger partial charge in [-0.2, -0.15) is 0 Å². The minimum Gasteiger partial charge on any atom is -0.482 e. The fourth-order valence-electron chi connectivity index (χ4n) is 2.19. The number of carbonyl (C=O) groups is 1. The maximum atomic E-state index is 11.3. The molecule has 0 fully saturated rings. The highest BCUT2D eigenvalue weighted by atomic mass is 16.5. The zero-order valence-corrected chi connectivity index (χ0v) is 12.3. The van der Waals surface area contributed by atoms with Crippen molar-refractivity contribution in [2.75, 3.05) is 25.1 Å². The third-order valence-corrected chi connectivity index (χ3v) is 3.09. The second kappa shape index (κ2) is 6.24. The van der Waals surface area contributed by atoms with Crippen molar-refractivity contribution < 1.29 is 14.3 Å². The molecule has 5 nitrogen and oxygen atoms in total. The standard InChI is InChI=1S/C15H22N2O3/c1-4-20-15(2,3)10-16-8-11-5-6-13-12(7-11)17-14(18)9-19-13/h5-7,16H,4,8-10H2,1-3H3,(H,17,18). The Labute approximate surface area is 119 Å². The predicted molar refractivity (Wildman–Crippen MR) is 78.0 cm³/mol. The molecular weight excluding hydrogens is 256 g/mol. The van der Waals surface area contributed by atoms with E-state index in [0.29, 0.717) is 6.61 Å². The summed E-state index contributed by atoms with van der Waals surface area (Å²) in [7, 11) is 0. The Morgan fingerprint density at radius 1 is 1.45 bits per heavy atom. The fraction of sp³-hybridized carbons (Fsp3) is 0.533. The fourth-order valence-corrected chi connectivity index (χ4v) is 2.19. The van der Waals surface area contributed by atoms with Crippen LogP contribution in [0.2, 0.25) is 0 Å². The average molecular weight is 278 g/mol. The van der Waals surface area contributed by atoms with E-state index >= 15 is 0 Å². The Kier molecular flexibility index (Phi) is 4.62. The first kappa shape index (κ1) is 14.8. The maximum absolute atomic E-state index is 11.3. The second-order valence-electron chi connectivity index (χ2n) is 5.46. The molecule has 0 aliphatic carbocycles. The quantitative estimate of drug-likeness (QED) is 0.834. The van der Waals surface area contributed by atoms with Crippen molar-refractivity contribution in [1.29, 1.82) is 0 Å². The monoisotopic (exact) mass is 278 g/mol. The molecule has 0 atom stereocenters. The molecule has 20 heavy (non-hydrogen) atoms. The summed E-state index contributed by atoms with van der Waals surface area (Å²) in [6.07, 6.45) is 0. The maximum Gasteiger partial charge on any atom is 0.262 e. The molecule has 0 spiro atoms. The van der Waals surface area contributed by atoms with Gasteiger partial charge in [-0.15, -0.1) is 0 Å². The summed E-state index contributed by atoms with van der Waals surface area (Å²) in [6.45, 7) is 8.40. The lowest BCUT2D eigenvalue weighted by atomic mass is 10.1. The summed E-state index contributed by atoms with van der Waals surface area (Å²) in [6, 6.07) is 5.82. The Morgan fingerprint density at radius 3 is 3.00 bits per heavy atom. The largest absolute Gasteiger partial charge is 0.482 e. The van der Waals surface area contributed by atoms with Crippen LogP contribution < -0.4 is 15.4 Å². The smallest absolute Gasteiger partial charge is 0.262 e. The van der Waals surface area contributed by atoms with Crippen molar-refractivity contribution in [1.82, 2.24) is 5.32 Å². The molecule has 0 saturated heterocycles. The van der Waals surface area contributed by atoms with Crippen LogP contribution in [0.1, 0.15) is 26.3 Å². The molecule has 1 heterocycles. The lowest BCUT2D eigenvalue weighted by Gasteiger charge is -2.25. The lowest BCUT2D eigenvalue weighted by Crippen LogP contribution is -2.37. The van der Waals surface area contributed by atoms with E-state index in [1.165, 1.54) is 0 Å². The lowest BCUT2D eigenvalue weighted by molar-refractivity contribution is -0.118. The molecule has 0 radical (unpaired) electrons. The van der Waals surface area contributed by atoms with Crippen molar-refractivity contribution >= 4 is 11.6 Å². The van der Waals surface area contributed by atoms with E-state index < -0.39 is 0 Å². The van der Waals surface area contributed by atoms with Crippen LogP contribution in [0.4, 0.5) is 5.69 Å². The third-order valence-electron chi connectivity index (χ3n) is 3.09. The second-order valence-corrected chi connectivity index (χ2v) is 5.46. The zero-order valence-electron chi connectivity index (χ0n) is 12.3. The van der Waals surface area contributed by atoms with Crippen molar-refractivity contribution in [3.8, 4) is 5.75 Å². The van der Waals surface area contributed by atoms with Crippen LogP contribution in [0.5, 0.6) is 5.75 Å². The molecule has 1 aliphatic rings. The third kappa shape index (κ3) is 3.95. The van der Waals surface area contributed by atoms with E-state index in [1.54, 1.807) is 0 Å². The van der Waals surface area contributed by atoms with Crippen LogP contribution in [0, 0.1) is 0 Å². The van der Waals surface area contributed by atoms with Gasteiger partial charge in [-0.05, 0) is 38.5 Å². The first-order valence-corrected chi connectivity index (χ1v) is 6.90. The van der Waals surface area contributed by atoms with Gasteiger partial charge in [0.2, 0.25) is 0 Å². The van der Waals surface area contributed by atoms with E-state index in [2.05, 4.69) is 24.5 Å². The van der Waals surface area contributed by atoms with Gasteiger partial charge in [-0.25, -0.2) is 0 Å². The molecule has 0 aromatic heterocycles. The van der Waals surface area contributed by atoms with Gasteiger partial charge in [0.1, 0.15) is 5.75 Å². The number of fused-ring (bicyclic) bond motifs is 1. The van der Waals surface area contributed by atoms with Gasteiger partial charge in [0.25, 0.3) is 5.91 Å². The zero-order chi connectivity index (χ0) is 14.6. The van der Waals surface area contributed by atoms with Crippen LogP contribution >= 0.6 is 0 Å². The van der Waals surface area contributed by atoms with Gasteiger partial charge in [0.15, 0.2) is 6.61 Å². The van der Waals surface area contributed by atoms with Crippen LogP contribution in [0.15, 0.2) is 18.2 Å². The molecule has 2 rings (SSSR count). The molecular formula is C15H22N2O3. The number of rotatable bonds is 6. The minimum absolute atomic E-state index is 0.0904. The van der Waals surface area contributed by atoms with Gasteiger partial charge in [-0.1, -0.05) is 6.07 Å². The number of hydrogen-bond donors (Lipinski definition) is 2. The van der Waals surface area contributed by atoms with Crippen molar-refractivity contribution in [2.24, 2.45) is 0 Å². The van der Waals surface area contributed by atoms with Crippen LogP contribution in [-0.4, -0.2) is 31.3 Å². The van der Waals surface area contributed by atoms with E-state index in [4.69, 9.17) is 9.47 Å². The Hall–Kier alpha value is -1.59. The number of amides is 1. The Bertz CT molecular complexity index is 486. The summed E-state index contributed by atoms with van der Waals surface area (Å²) < 4.78 is 11.0. The first-order chi connectivity index (χ1) is 9.50. The van der Waals surface area contributed by atoms with Gasteiger partial charge in [0, 0.05) is 19.7 Å². The predicted octanol–water partition coefficient (Wildman–Crippen LogP) is 1.92. The molecule has 1 aliphatic heterocycles. The highest BCUT2D eigenvalue weighted by Crippen LogP contribution is 2.28. The van der Waals surface area contributed by atoms with E-state index in [9.17, 15) is 4.79 Å². The number of nitrogens with one attached hydrogen (secondary N) is 2. The number of anilines is 1. The molecule has 1 aromatic carbocycles. The van der Waals surface area contributed by atoms with E-state index in [-0.39, 0.29) is 18.1 Å². The topological polar surface area (TPSA) is 59.6 Å². The van der Waals surface area contributed by atoms with Crippen LogP contribution in [-0.2, 0) is 16.1 Å². The summed E-state index contributed by atoms with van der Waals surface area (Å²) in [4.78, 5) is 11.3. The summed E-state index contributed by atoms with van der Waals surface area (Å²) in [5, 5.41) is 6.18. The first-order valence-electron chi connectivity index (χ1n) is 6.90. The highest BCUT2D eigenvalue weighted by molar-refractivity contribution is 5.95. The minimum atomic E-state index is -0.180. The Balaban J connectivity index is 1.91. The highest BCUT2D eigenvalue weighted by Gasteiger charge is 2.18. The van der Waals surface area contributed by atoms with Gasteiger partial charge >= 0.3 is 0 Å². The average Bonchev–Trinajstić information content (AvgIpc) is 2.38. The number of benzene rings is 1. The number of ether oxygens (including phenoxy) is 2. The summed E-state index contributed by atoms with van der Waals surface area (Å²) >= 11 is 0.